The SMILES string of the molecule is CCC1=C2CC3=C(C(=O)C4=CCC=C4C3=O)C2=C(CC2=C3CC4=C(C(=O)C5=CCC=C5C4=O)C3=C(C)C2)C1. The van der Waals surface area contributed by atoms with Gasteiger partial charge in [0.25, 0.3) is 0 Å². The second-order valence-corrected chi connectivity index (χ2v) is 11.5. The third-order valence-corrected chi connectivity index (χ3v) is 9.66. The van der Waals surface area contributed by atoms with Crippen molar-refractivity contribution in [1.29, 1.82) is 0 Å². The van der Waals surface area contributed by atoms with Crippen LogP contribution in [-0.2, 0) is 19.2 Å². The molecule has 0 amide bonds. The van der Waals surface area contributed by atoms with Gasteiger partial charge in [-0.1, -0.05) is 53.5 Å². The lowest BCUT2D eigenvalue weighted by Crippen LogP contribution is -2.22. The largest absolute Gasteiger partial charge is 0.289 e. The van der Waals surface area contributed by atoms with Crippen molar-refractivity contribution in [1.82, 2.24) is 0 Å². The van der Waals surface area contributed by atoms with Gasteiger partial charge in [-0.25, -0.2) is 0 Å². The van der Waals surface area contributed by atoms with Crippen LogP contribution >= 0.6 is 0 Å². The number of fused-ring (bicyclic) bond motifs is 6. The van der Waals surface area contributed by atoms with Crippen molar-refractivity contribution in [2.45, 2.75) is 65.2 Å². The number of hydrogen-bond donors (Lipinski definition) is 0. The minimum Gasteiger partial charge on any atom is -0.289 e. The Morgan fingerprint density at radius 2 is 1.03 bits per heavy atom. The smallest absolute Gasteiger partial charge is 0.194 e. The molecule has 0 fully saturated rings. The van der Waals surface area contributed by atoms with Gasteiger partial charge < -0.3 is 0 Å². The van der Waals surface area contributed by atoms with Crippen molar-refractivity contribution < 1.29 is 19.2 Å². The fourth-order valence-electron chi connectivity index (χ4n) is 8.03. The average Bonchev–Trinajstić information content (AvgIpc) is 3.72. The molecule has 0 bridgehead atoms. The Hall–Kier alpha value is -3.92. The van der Waals surface area contributed by atoms with E-state index in [9.17, 15) is 19.2 Å². The molecule has 0 aromatic heterocycles. The first kappa shape index (κ1) is 22.1. The first-order chi connectivity index (χ1) is 18.4. The minimum absolute atomic E-state index is 0.000307. The van der Waals surface area contributed by atoms with Gasteiger partial charge in [-0.05, 0) is 67.7 Å². The highest BCUT2D eigenvalue weighted by atomic mass is 16.1. The molecule has 0 radical (unpaired) electrons. The van der Waals surface area contributed by atoms with Gasteiger partial charge in [0.2, 0.25) is 0 Å². The number of ketones is 4. The second kappa shape index (κ2) is 7.35. The van der Waals surface area contributed by atoms with Crippen molar-refractivity contribution in [2.75, 3.05) is 0 Å². The Morgan fingerprint density at radius 3 is 1.58 bits per heavy atom. The van der Waals surface area contributed by atoms with Crippen LogP contribution < -0.4 is 0 Å². The normalized spacial score (nSPS) is 25.4. The molecule has 8 rings (SSSR count). The zero-order valence-corrected chi connectivity index (χ0v) is 21.6. The molecule has 4 heteroatoms. The first-order valence-corrected chi connectivity index (χ1v) is 13.7. The molecule has 0 unspecified atom stereocenters. The van der Waals surface area contributed by atoms with E-state index >= 15 is 0 Å². The van der Waals surface area contributed by atoms with Gasteiger partial charge in [-0.15, -0.1) is 0 Å². The summed E-state index contributed by atoms with van der Waals surface area (Å²) < 4.78 is 0. The fraction of sp³-hybridized carbons (Fsp3) is 0.294. The molecule has 0 saturated carbocycles. The number of Topliss-reactive ketones (excluding diaryl/α,β-unsaturated/α-hetero) is 4. The molecule has 0 heterocycles. The Morgan fingerprint density at radius 1 is 0.526 bits per heavy atom. The predicted octanol–water partition coefficient (Wildman–Crippen LogP) is 6.02. The summed E-state index contributed by atoms with van der Waals surface area (Å²) in [6, 6.07) is 0. The Kier molecular flexibility index (Phi) is 4.27. The molecule has 0 N–H and O–H groups in total. The van der Waals surface area contributed by atoms with Gasteiger partial charge in [0.15, 0.2) is 23.1 Å². The summed E-state index contributed by atoms with van der Waals surface area (Å²) in [5.41, 5.74) is 14.2. The molecule has 8 aliphatic rings. The van der Waals surface area contributed by atoms with E-state index in [2.05, 4.69) is 13.8 Å². The highest BCUT2D eigenvalue weighted by molar-refractivity contribution is 6.34. The second-order valence-electron chi connectivity index (χ2n) is 11.5. The van der Waals surface area contributed by atoms with Crippen LogP contribution in [0.2, 0.25) is 0 Å². The predicted molar refractivity (Wildman–Crippen MR) is 143 cm³/mol. The zero-order chi connectivity index (χ0) is 26.0. The third-order valence-electron chi connectivity index (χ3n) is 9.66. The van der Waals surface area contributed by atoms with Crippen LogP contribution in [0.5, 0.6) is 0 Å². The van der Waals surface area contributed by atoms with E-state index < -0.39 is 0 Å². The summed E-state index contributed by atoms with van der Waals surface area (Å²) in [4.78, 5) is 53.7. The molecular formula is C34H26O4. The van der Waals surface area contributed by atoms with Gasteiger partial charge in [-0.3, -0.25) is 19.2 Å². The van der Waals surface area contributed by atoms with Crippen molar-refractivity contribution >= 4 is 23.1 Å². The molecule has 186 valence electrons. The van der Waals surface area contributed by atoms with Gasteiger partial charge in [-0.2, -0.15) is 0 Å². The maximum Gasteiger partial charge on any atom is 0.194 e. The minimum atomic E-state index is -0.000307. The van der Waals surface area contributed by atoms with Gasteiger partial charge >= 0.3 is 0 Å². The van der Waals surface area contributed by atoms with Gasteiger partial charge in [0.05, 0.1) is 0 Å². The van der Waals surface area contributed by atoms with E-state index in [1.54, 1.807) is 0 Å². The maximum atomic E-state index is 13.6. The summed E-state index contributed by atoms with van der Waals surface area (Å²) in [6.45, 7) is 4.23. The van der Waals surface area contributed by atoms with Crippen molar-refractivity contribution in [3.05, 3.63) is 113 Å². The third kappa shape index (κ3) is 2.56. The highest BCUT2D eigenvalue weighted by Gasteiger charge is 2.47. The van der Waals surface area contributed by atoms with Crippen molar-refractivity contribution in [3.63, 3.8) is 0 Å². The summed E-state index contributed by atoms with van der Waals surface area (Å²) in [5.74, 6) is 0.0361. The Bertz CT molecular complexity index is 1760. The summed E-state index contributed by atoms with van der Waals surface area (Å²) in [6.07, 6.45) is 13.1. The molecule has 0 spiro atoms. The number of allylic oxidation sites excluding steroid dienone is 20. The lowest BCUT2D eigenvalue weighted by atomic mass is 9.82. The van der Waals surface area contributed by atoms with Crippen molar-refractivity contribution in [3.8, 4) is 0 Å². The van der Waals surface area contributed by atoms with Gasteiger partial charge in [0.1, 0.15) is 0 Å². The Labute approximate surface area is 220 Å². The molecule has 4 nitrogen and oxygen atoms in total. The van der Waals surface area contributed by atoms with E-state index in [1.165, 1.54) is 22.3 Å². The van der Waals surface area contributed by atoms with Crippen LogP contribution in [-0.4, -0.2) is 23.1 Å². The molecule has 8 aliphatic carbocycles. The van der Waals surface area contributed by atoms with Crippen molar-refractivity contribution in [2.24, 2.45) is 0 Å². The van der Waals surface area contributed by atoms with E-state index in [4.69, 9.17) is 0 Å². The number of carbonyl (C=O) groups is 4. The van der Waals surface area contributed by atoms with Gasteiger partial charge in [0, 0.05) is 57.4 Å². The maximum absolute atomic E-state index is 13.6. The number of hydrogen-bond acceptors (Lipinski definition) is 4. The molecule has 0 aliphatic heterocycles. The Balaban J connectivity index is 1.22. The topological polar surface area (TPSA) is 68.3 Å². The molecule has 38 heavy (non-hydrogen) atoms. The van der Waals surface area contributed by atoms with Crippen LogP contribution in [0, 0.1) is 0 Å². The van der Waals surface area contributed by atoms with Crippen LogP contribution in [0.15, 0.2) is 113 Å². The standard InChI is InChI=1S/C34H26O4/c1-3-16-11-18(28-23(16)13-26-30(28)34(38)22-9-5-7-20(22)32(26)36)12-17-10-15(2)27-24(17)14-25-29(27)33(37)21-8-4-6-19(21)31(25)35/h6-9H,3-5,10-14H2,1-2H3. The quantitative estimate of drug-likeness (QED) is 0.477. The van der Waals surface area contributed by atoms with E-state index in [-0.39, 0.29) is 23.1 Å². The fourth-order valence-corrected chi connectivity index (χ4v) is 8.03. The number of carbonyl (C=O) groups excluding carboxylic acids is 4. The molecule has 0 atom stereocenters. The molecule has 0 saturated heterocycles. The lowest BCUT2D eigenvalue weighted by molar-refractivity contribution is -0.116. The number of rotatable bonds is 3. The summed E-state index contributed by atoms with van der Waals surface area (Å²) >= 11 is 0. The lowest BCUT2D eigenvalue weighted by Gasteiger charge is -2.18. The van der Waals surface area contributed by atoms with E-state index in [0.717, 1.165) is 41.6 Å². The summed E-state index contributed by atoms with van der Waals surface area (Å²) in [7, 11) is 0. The monoisotopic (exact) mass is 498 g/mol. The van der Waals surface area contributed by atoms with Crippen LogP contribution in [0.3, 0.4) is 0 Å². The van der Waals surface area contributed by atoms with E-state index in [1.807, 2.05) is 24.3 Å². The molecule has 0 aromatic rings. The van der Waals surface area contributed by atoms with Crippen LogP contribution in [0.25, 0.3) is 0 Å². The molecule has 0 aromatic carbocycles. The summed E-state index contributed by atoms with van der Waals surface area (Å²) in [5, 5.41) is 0. The zero-order valence-electron chi connectivity index (χ0n) is 21.6. The van der Waals surface area contributed by atoms with E-state index in [0.29, 0.717) is 76.7 Å². The van der Waals surface area contributed by atoms with Crippen LogP contribution in [0.1, 0.15) is 65.2 Å². The molecular weight excluding hydrogens is 472 g/mol. The highest BCUT2D eigenvalue weighted by Crippen LogP contribution is 2.56. The first-order valence-electron chi connectivity index (χ1n) is 13.7. The van der Waals surface area contributed by atoms with Crippen LogP contribution in [0.4, 0.5) is 0 Å². The average molecular weight is 499 g/mol.